The highest BCUT2D eigenvalue weighted by Crippen LogP contribution is 2.16. The summed E-state index contributed by atoms with van der Waals surface area (Å²) in [6.07, 6.45) is 5.00. The van der Waals surface area contributed by atoms with E-state index in [1.165, 1.54) is 13.3 Å². The fourth-order valence-corrected chi connectivity index (χ4v) is 2.22. The Balaban J connectivity index is 1.75. The molecular formula is C19H19ClN2O4. The van der Waals surface area contributed by atoms with Crippen LogP contribution in [-0.2, 0) is 16.1 Å². The number of esters is 1. The zero-order chi connectivity index (χ0) is 18.8. The van der Waals surface area contributed by atoms with E-state index >= 15 is 0 Å². The molecule has 0 atom stereocenters. The van der Waals surface area contributed by atoms with Gasteiger partial charge in [-0.1, -0.05) is 54.1 Å². The summed E-state index contributed by atoms with van der Waals surface area (Å²) in [5.74, 6) is -0.480. The first-order valence-electron chi connectivity index (χ1n) is 7.95. The van der Waals surface area contributed by atoms with Gasteiger partial charge in [-0.05, 0) is 18.1 Å². The van der Waals surface area contributed by atoms with Crippen molar-refractivity contribution in [2.24, 2.45) is 0 Å². The number of nitrogens with zero attached hydrogens (tertiary/aromatic N) is 1. The van der Waals surface area contributed by atoms with Crippen LogP contribution in [0.5, 0.6) is 0 Å². The van der Waals surface area contributed by atoms with Crippen LogP contribution in [0.2, 0.25) is 5.15 Å². The first-order valence-corrected chi connectivity index (χ1v) is 8.33. The van der Waals surface area contributed by atoms with Gasteiger partial charge in [-0.15, -0.1) is 0 Å². The molecule has 136 valence electrons. The number of hydrogen-bond donors (Lipinski definition) is 1. The molecule has 7 heteroatoms. The molecule has 1 N–H and O–H groups in total. The largest absolute Gasteiger partial charge is 0.465 e. The number of ether oxygens (including phenoxy) is 2. The number of benzene rings is 1. The molecule has 1 aromatic heterocycles. The Hall–Kier alpha value is -2.86. The Morgan fingerprint density at radius 2 is 2.04 bits per heavy atom. The van der Waals surface area contributed by atoms with Gasteiger partial charge in [-0.3, -0.25) is 0 Å². The molecule has 6 nitrogen and oxygen atoms in total. The molecule has 1 amide bonds. The lowest BCUT2D eigenvalue weighted by Gasteiger charge is -2.06. The number of halogens is 1. The Morgan fingerprint density at radius 3 is 2.77 bits per heavy atom. The van der Waals surface area contributed by atoms with Crippen molar-refractivity contribution in [3.05, 3.63) is 70.5 Å². The van der Waals surface area contributed by atoms with Crippen LogP contribution in [0.3, 0.4) is 0 Å². The van der Waals surface area contributed by atoms with E-state index in [0.717, 1.165) is 5.56 Å². The monoisotopic (exact) mass is 374 g/mol. The SMILES string of the molecule is COC(=O)c1cnc(Cl)c(C=CCCNC(=O)OCc2ccccc2)c1. The third-order valence-corrected chi connectivity index (χ3v) is 3.69. The third-order valence-electron chi connectivity index (χ3n) is 3.38. The third kappa shape index (κ3) is 6.22. The minimum atomic E-state index is -0.480. The topological polar surface area (TPSA) is 77.5 Å². The molecular weight excluding hydrogens is 356 g/mol. The van der Waals surface area contributed by atoms with Crippen molar-refractivity contribution in [2.75, 3.05) is 13.7 Å². The number of methoxy groups -OCH3 is 1. The van der Waals surface area contributed by atoms with Crippen molar-refractivity contribution in [3.8, 4) is 0 Å². The molecule has 0 unspecified atom stereocenters. The summed E-state index contributed by atoms with van der Waals surface area (Å²) in [4.78, 5) is 27.1. The average Bonchev–Trinajstić information content (AvgIpc) is 2.67. The smallest absolute Gasteiger partial charge is 0.407 e. The van der Waals surface area contributed by atoms with Gasteiger partial charge in [0.15, 0.2) is 0 Å². The van der Waals surface area contributed by atoms with Crippen LogP contribution in [-0.4, -0.2) is 30.7 Å². The molecule has 0 radical (unpaired) electrons. The van der Waals surface area contributed by atoms with Gasteiger partial charge in [0.2, 0.25) is 0 Å². The fraction of sp³-hybridized carbons (Fsp3) is 0.211. The highest BCUT2D eigenvalue weighted by atomic mass is 35.5. The summed E-state index contributed by atoms with van der Waals surface area (Å²) < 4.78 is 9.76. The molecule has 0 aliphatic rings. The number of pyridine rings is 1. The molecule has 2 rings (SSSR count). The van der Waals surface area contributed by atoms with Crippen molar-refractivity contribution >= 4 is 29.7 Å². The lowest BCUT2D eigenvalue weighted by Crippen LogP contribution is -2.24. The quantitative estimate of drug-likeness (QED) is 0.452. The van der Waals surface area contributed by atoms with E-state index in [-0.39, 0.29) is 11.8 Å². The summed E-state index contributed by atoms with van der Waals surface area (Å²) >= 11 is 6.00. The number of rotatable bonds is 7. The molecule has 0 spiro atoms. The standard InChI is InChI=1S/C19H19ClN2O4/c1-25-18(23)16-11-15(17(20)22-12-16)9-5-6-10-21-19(24)26-13-14-7-3-2-4-8-14/h2-5,7-9,11-12H,6,10,13H2,1H3,(H,21,24). The van der Waals surface area contributed by atoms with Gasteiger partial charge in [0.1, 0.15) is 11.8 Å². The second-order valence-electron chi connectivity index (χ2n) is 5.28. The van der Waals surface area contributed by atoms with Crippen LogP contribution < -0.4 is 5.32 Å². The summed E-state index contributed by atoms with van der Waals surface area (Å²) in [7, 11) is 1.30. The molecule has 0 fully saturated rings. The zero-order valence-corrected chi connectivity index (χ0v) is 15.0. The Bertz CT molecular complexity index is 778. The van der Waals surface area contributed by atoms with Crippen LogP contribution in [0.15, 0.2) is 48.7 Å². The van der Waals surface area contributed by atoms with Gasteiger partial charge >= 0.3 is 12.1 Å². The van der Waals surface area contributed by atoms with E-state index < -0.39 is 12.1 Å². The Kier molecular flexibility index (Phi) is 7.64. The molecule has 0 aliphatic carbocycles. The van der Waals surface area contributed by atoms with Crippen molar-refractivity contribution in [2.45, 2.75) is 13.0 Å². The zero-order valence-electron chi connectivity index (χ0n) is 14.3. The summed E-state index contributed by atoms with van der Waals surface area (Å²) in [6, 6.07) is 11.0. The van der Waals surface area contributed by atoms with E-state index in [9.17, 15) is 9.59 Å². The average molecular weight is 375 g/mol. The number of alkyl carbamates (subject to hydrolysis) is 1. The second kappa shape index (κ2) is 10.2. The maximum atomic E-state index is 11.6. The van der Waals surface area contributed by atoms with Crippen molar-refractivity contribution < 1.29 is 19.1 Å². The van der Waals surface area contributed by atoms with Gasteiger partial charge in [-0.2, -0.15) is 0 Å². The predicted octanol–water partition coefficient (Wildman–Crippen LogP) is 3.85. The van der Waals surface area contributed by atoms with Crippen LogP contribution in [0.4, 0.5) is 4.79 Å². The maximum absolute atomic E-state index is 11.6. The number of hydrogen-bond acceptors (Lipinski definition) is 5. The van der Waals surface area contributed by atoms with Crippen molar-refractivity contribution in [1.82, 2.24) is 10.3 Å². The van der Waals surface area contributed by atoms with Crippen molar-refractivity contribution in [1.29, 1.82) is 0 Å². The first kappa shape index (κ1) is 19.5. The molecule has 0 bridgehead atoms. The molecule has 0 aliphatic heterocycles. The van der Waals surface area contributed by atoms with Crippen LogP contribution in [0.25, 0.3) is 6.08 Å². The van der Waals surface area contributed by atoms with E-state index in [4.69, 9.17) is 16.3 Å². The summed E-state index contributed by atoms with van der Waals surface area (Å²) in [6.45, 7) is 0.635. The number of carbonyl (C=O) groups is 2. The lowest BCUT2D eigenvalue weighted by molar-refractivity contribution is 0.0600. The highest BCUT2D eigenvalue weighted by Gasteiger charge is 2.08. The molecule has 0 saturated heterocycles. The minimum absolute atomic E-state index is 0.226. The van der Waals surface area contributed by atoms with E-state index in [1.54, 1.807) is 12.1 Å². The first-order chi connectivity index (χ1) is 12.6. The fourth-order valence-electron chi connectivity index (χ4n) is 2.05. The predicted molar refractivity (Wildman–Crippen MR) is 98.9 cm³/mol. The number of nitrogens with one attached hydrogen (secondary N) is 1. The molecule has 2 aromatic rings. The number of amides is 1. The van der Waals surface area contributed by atoms with E-state index in [0.29, 0.717) is 24.1 Å². The molecule has 0 saturated carbocycles. The van der Waals surface area contributed by atoms with Crippen LogP contribution >= 0.6 is 11.6 Å². The number of aromatic nitrogens is 1. The van der Waals surface area contributed by atoms with Gasteiger partial charge < -0.3 is 14.8 Å². The lowest BCUT2D eigenvalue weighted by atomic mass is 10.2. The molecule has 1 heterocycles. The minimum Gasteiger partial charge on any atom is -0.465 e. The van der Waals surface area contributed by atoms with Gasteiger partial charge in [-0.25, -0.2) is 14.6 Å². The van der Waals surface area contributed by atoms with Gasteiger partial charge in [0.25, 0.3) is 0 Å². The van der Waals surface area contributed by atoms with Crippen LogP contribution in [0, 0.1) is 0 Å². The van der Waals surface area contributed by atoms with Gasteiger partial charge in [0, 0.05) is 18.3 Å². The number of carbonyl (C=O) groups excluding carboxylic acids is 2. The molecule has 1 aromatic carbocycles. The van der Waals surface area contributed by atoms with Crippen LogP contribution in [0.1, 0.15) is 27.9 Å². The summed E-state index contributed by atoms with van der Waals surface area (Å²) in [5, 5.41) is 2.94. The van der Waals surface area contributed by atoms with E-state index in [2.05, 4.69) is 15.0 Å². The highest BCUT2D eigenvalue weighted by molar-refractivity contribution is 6.30. The van der Waals surface area contributed by atoms with Crippen molar-refractivity contribution in [3.63, 3.8) is 0 Å². The van der Waals surface area contributed by atoms with Gasteiger partial charge in [0.05, 0.1) is 12.7 Å². The summed E-state index contributed by atoms with van der Waals surface area (Å²) in [5.41, 5.74) is 1.84. The maximum Gasteiger partial charge on any atom is 0.407 e. The van der Waals surface area contributed by atoms with E-state index in [1.807, 2.05) is 36.4 Å². The Labute approximate surface area is 156 Å². The second-order valence-corrected chi connectivity index (χ2v) is 5.63. The Morgan fingerprint density at radius 1 is 1.27 bits per heavy atom. The molecule has 26 heavy (non-hydrogen) atoms. The normalized spacial score (nSPS) is 10.5.